The van der Waals surface area contributed by atoms with E-state index in [1.165, 1.54) is 5.69 Å². The molecule has 0 atom stereocenters. The van der Waals surface area contributed by atoms with Crippen LogP contribution >= 0.6 is 0 Å². The zero-order valence-corrected chi connectivity index (χ0v) is 10.5. The fraction of sp³-hybridized carbons (Fsp3) is 0.133. The molecule has 18 heavy (non-hydrogen) atoms. The number of H-pyrrole nitrogens is 1. The van der Waals surface area contributed by atoms with Crippen LogP contribution in [-0.4, -0.2) is 24.1 Å². The summed E-state index contributed by atoms with van der Waals surface area (Å²) in [5, 5.41) is 0. The van der Waals surface area contributed by atoms with Gasteiger partial charge in [-0.15, -0.1) is 0 Å². The number of hydrogen-bond acceptors (Lipinski definition) is 2. The van der Waals surface area contributed by atoms with Crippen LogP contribution < -0.4 is 4.90 Å². The van der Waals surface area contributed by atoms with Gasteiger partial charge in [-0.1, -0.05) is 12.1 Å². The van der Waals surface area contributed by atoms with E-state index >= 15 is 0 Å². The van der Waals surface area contributed by atoms with Gasteiger partial charge >= 0.3 is 0 Å². The first-order valence-electron chi connectivity index (χ1n) is 5.96. The molecular formula is C15H15N3. The van der Waals surface area contributed by atoms with Crippen molar-refractivity contribution in [2.24, 2.45) is 0 Å². The van der Waals surface area contributed by atoms with Gasteiger partial charge in [0.1, 0.15) is 5.82 Å². The van der Waals surface area contributed by atoms with E-state index in [-0.39, 0.29) is 0 Å². The molecule has 3 aromatic rings. The van der Waals surface area contributed by atoms with E-state index < -0.39 is 0 Å². The molecule has 0 spiro atoms. The van der Waals surface area contributed by atoms with Crippen LogP contribution in [0.25, 0.3) is 22.4 Å². The van der Waals surface area contributed by atoms with Gasteiger partial charge in [0.2, 0.25) is 0 Å². The topological polar surface area (TPSA) is 31.9 Å². The molecule has 1 heterocycles. The normalized spacial score (nSPS) is 10.8. The van der Waals surface area contributed by atoms with Gasteiger partial charge in [-0.2, -0.15) is 0 Å². The summed E-state index contributed by atoms with van der Waals surface area (Å²) in [6.45, 7) is 0. The summed E-state index contributed by atoms with van der Waals surface area (Å²) in [5.41, 5.74) is 4.38. The fourth-order valence-electron chi connectivity index (χ4n) is 2.01. The molecule has 0 radical (unpaired) electrons. The Balaban J connectivity index is 2.03. The SMILES string of the molecule is CN(C)c1ccc(-c2nc3ccccc3[nH]2)cc1. The van der Waals surface area contributed by atoms with Crippen molar-refractivity contribution in [3.63, 3.8) is 0 Å². The molecule has 0 aliphatic carbocycles. The minimum Gasteiger partial charge on any atom is -0.378 e. The van der Waals surface area contributed by atoms with Crippen molar-refractivity contribution in [1.29, 1.82) is 0 Å². The highest BCUT2D eigenvalue weighted by molar-refractivity contribution is 5.79. The average Bonchev–Trinajstić information content (AvgIpc) is 2.82. The lowest BCUT2D eigenvalue weighted by molar-refractivity contribution is 1.13. The molecule has 0 aliphatic heterocycles. The molecule has 0 aliphatic rings. The number of anilines is 1. The van der Waals surface area contributed by atoms with E-state index in [1.807, 2.05) is 38.4 Å². The summed E-state index contributed by atoms with van der Waals surface area (Å²) < 4.78 is 0. The molecule has 1 N–H and O–H groups in total. The Bertz CT molecular complexity index is 633. The molecule has 0 saturated carbocycles. The first-order chi connectivity index (χ1) is 8.74. The van der Waals surface area contributed by atoms with Crippen molar-refractivity contribution in [2.45, 2.75) is 0 Å². The molecule has 2 aromatic carbocycles. The van der Waals surface area contributed by atoms with Crippen LogP contribution in [0.15, 0.2) is 48.5 Å². The Morgan fingerprint density at radius 1 is 0.944 bits per heavy atom. The van der Waals surface area contributed by atoms with Crippen LogP contribution in [0.1, 0.15) is 0 Å². The molecule has 90 valence electrons. The summed E-state index contributed by atoms with van der Waals surface area (Å²) in [4.78, 5) is 10.0. The third kappa shape index (κ3) is 1.84. The number of rotatable bonds is 2. The molecule has 0 fully saturated rings. The number of benzene rings is 2. The maximum absolute atomic E-state index is 4.59. The van der Waals surface area contributed by atoms with Gasteiger partial charge in [-0.3, -0.25) is 0 Å². The smallest absolute Gasteiger partial charge is 0.138 e. The molecule has 3 rings (SSSR count). The minimum atomic E-state index is 0.918. The highest BCUT2D eigenvalue weighted by Gasteiger charge is 2.04. The molecule has 0 amide bonds. The second-order valence-corrected chi connectivity index (χ2v) is 4.54. The maximum atomic E-state index is 4.59. The van der Waals surface area contributed by atoms with Gasteiger partial charge in [0.25, 0.3) is 0 Å². The summed E-state index contributed by atoms with van der Waals surface area (Å²) >= 11 is 0. The predicted molar refractivity (Wildman–Crippen MR) is 75.9 cm³/mol. The standard InChI is InChI=1S/C15H15N3/c1-18(2)12-9-7-11(8-10-12)15-16-13-5-3-4-6-14(13)17-15/h3-10H,1-2H3,(H,16,17). The van der Waals surface area contributed by atoms with Crippen LogP contribution in [0.4, 0.5) is 5.69 Å². The van der Waals surface area contributed by atoms with E-state index in [0.29, 0.717) is 0 Å². The number of aromatic amines is 1. The molecule has 0 unspecified atom stereocenters. The van der Waals surface area contributed by atoms with Crippen LogP contribution in [-0.2, 0) is 0 Å². The van der Waals surface area contributed by atoms with Crippen molar-refractivity contribution < 1.29 is 0 Å². The second-order valence-electron chi connectivity index (χ2n) is 4.54. The van der Waals surface area contributed by atoms with Crippen LogP contribution in [0, 0.1) is 0 Å². The number of nitrogens with zero attached hydrogens (tertiary/aromatic N) is 2. The number of hydrogen-bond donors (Lipinski definition) is 1. The number of fused-ring (bicyclic) bond motifs is 1. The Kier molecular flexibility index (Phi) is 2.52. The highest BCUT2D eigenvalue weighted by Crippen LogP contribution is 2.22. The van der Waals surface area contributed by atoms with Gasteiger partial charge in [-0.05, 0) is 36.4 Å². The first-order valence-corrected chi connectivity index (χ1v) is 5.96. The number of para-hydroxylation sites is 2. The second kappa shape index (κ2) is 4.18. The zero-order valence-electron chi connectivity index (χ0n) is 10.5. The maximum Gasteiger partial charge on any atom is 0.138 e. The summed E-state index contributed by atoms with van der Waals surface area (Å²) in [5.74, 6) is 0.918. The lowest BCUT2D eigenvalue weighted by Crippen LogP contribution is -2.07. The Hall–Kier alpha value is -2.29. The largest absolute Gasteiger partial charge is 0.378 e. The number of aromatic nitrogens is 2. The molecule has 3 nitrogen and oxygen atoms in total. The third-order valence-corrected chi connectivity index (χ3v) is 3.05. The van der Waals surface area contributed by atoms with Crippen molar-refractivity contribution in [1.82, 2.24) is 9.97 Å². The van der Waals surface area contributed by atoms with Crippen molar-refractivity contribution >= 4 is 16.7 Å². The Labute approximate surface area is 106 Å². The predicted octanol–water partition coefficient (Wildman–Crippen LogP) is 3.30. The molecular weight excluding hydrogens is 222 g/mol. The summed E-state index contributed by atoms with van der Waals surface area (Å²) in [6, 6.07) is 16.5. The quantitative estimate of drug-likeness (QED) is 0.741. The van der Waals surface area contributed by atoms with Crippen LogP contribution in [0.2, 0.25) is 0 Å². The first kappa shape index (κ1) is 10.8. The van der Waals surface area contributed by atoms with Crippen molar-refractivity contribution in [3.8, 4) is 11.4 Å². The average molecular weight is 237 g/mol. The van der Waals surface area contributed by atoms with E-state index in [1.54, 1.807) is 0 Å². The number of nitrogens with one attached hydrogen (secondary N) is 1. The highest BCUT2D eigenvalue weighted by atomic mass is 15.1. The monoisotopic (exact) mass is 237 g/mol. The van der Waals surface area contributed by atoms with Gasteiger partial charge in [0, 0.05) is 25.3 Å². The van der Waals surface area contributed by atoms with E-state index in [9.17, 15) is 0 Å². The lowest BCUT2D eigenvalue weighted by Gasteiger charge is -2.11. The lowest BCUT2D eigenvalue weighted by atomic mass is 10.2. The number of imidazole rings is 1. The van der Waals surface area contributed by atoms with Crippen molar-refractivity contribution in [2.75, 3.05) is 19.0 Å². The Morgan fingerprint density at radius 3 is 2.33 bits per heavy atom. The zero-order chi connectivity index (χ0) is 12.5. The molecule has 0 bridgehead atoms. The molecule has 0 saturated heterocycles. The molecule has 1 aromatic heterocycles. The molecule has 3 heteroatoms. The van der Waals surface area contributed by atoms with Gasteiger partial charge in [0.05, 0.1) is 11.0 Å². The van der Waals surface area contributed by atoms with Crippen LogP contribution in [0.5, 0.6) is 0 Å². The van der Waals surface area contributed by atoms with E-state index in [4.69, 9.17) is 0 Å². The van der Waals surface area contributed by atoms with E-state index in [0.717, 1.165) is 22.4 Å². The van der Waals surface area contributed by atoms with E-state index in [2.05, 4.69) is 39.1 Å². The minimum absolute atomic E-state index is 0.918. The summed E-state index contributed by atoms with van der Waals surface area (Å²) in [6.07, 6.45) is 0. The van der Waals surface area contributed by atoms with Crippen LogP contribution in [0.3, 0.4) is 0 Å². The van der Waals surface area contributed by atoms with Crippen molar-refractivity contribution in [3.05, 3.63) is 48.5 Å². The Morgan fingerprint density at radius 2 is 1.67 bits per heavy atom. The van der Waals surface area contributed by atoms with Gasteiger partial charge in [0.15, 0.2) is 0 Å². The van der Waals surface area contributed by atoms with Gasteiger partial charge in [-0.25, -0.2) is 4.98 Å². The summed E-state index contributed by atoms with van der Waals surface area (Å²) in [7, 11) is 4.08. The van der Waals surface area contributed by atoms with Gasteiger partial charge < -0.3 is 9.88 Å². The fourth-order valence-corrected chi connectivity index (χ4v) is 2.01. The third-order valence-electron chi connectivity index (χ3n) is 3.05.